The Morgan fingerprint density at radius 1 is 1.31 bits per heavy atom. The number of ether oxygens (including phenoxy) is 1. The van der Waals surface area contributed by atoms with Crippen molar-refractivity contribution in [2.45, 2.75) is 33.6 Å². The van der Waals surface area contributed by atoms with Gasteiger partial charge in [0.25, 0.3) is 0 Å². The monoisotopic (exact) mass is 245 g/mol. The first-order valence-corrected chi connectivity index (χ1v) is 7.64. The Kier molecular flexibility index (Phi) is 6.78. The highest BCUT2D eigenvalue weighted by molar-refractivity contribution is 7.99. The smallest absolute Gasteiger partial charge is 0.0471 e. The summed E-state index contributed by atoms with van der Waals surface area (Å²) in [4.78, 5) is 0. The third-order valence-corrected chi connectivity index (χ3v) is 4.52. The van der Waals surface area contributed by atoms with E-state index in [0.717, 1.165) is 32.2 Å². The second kappa shape index (κ2) is 7.57. The summed E-state index contributed by atoms with van der Waals surface area (Å²) in [5, 5.41) is 3.59. The number of hydrogen-bond donors (Lipinski definition) is 1. The van der Waals surface area contributed by atoms with Crippen LogP contribution in [0, 0.1) is 11.3 Å². The van der Waals surface area contributed by atoms with Gasteiger partial charge in [-0.05, 0) is 29.9 Å². The van der Waals surface area contributed by atoms with E-state index >= 15 is 0 Å². The fraction of sp³-hybridized carbons (Fsp3) is 1.00. The van der Waals surface area contributed by atoms with Crippen molar-refractivity contribution in [3.8, 4) is 0 Å². The van der Waals surface area contributed by atoms with Crippen LogP contribution >= 0.6 is 11.8 Å². The summed E-state index contributed by atoms with van der Waals surface area (Å²) in [5.74, 6) is 3.34. The zero-order chi connectivity index (χ0) is 11.9. The minimum Gasteiger partial charge on any atom is -0.381 e. The molecule has 3 heteroatoms. The molecule has 1 aliphatic heterocycles. The predicted octanol–water partition coefficient (Wildman–Crippen LogP) is 2.78. The fourth-order valence-electron chi connectivity index (χ4n) is 1.89. The molecule has 96 valence electrons. The number of nitrogens with one attached hydrogen (secondary N) is 1. The van der Waals surface area contributed by atoms with Crippen LogP contribution in [0.4, 0.5) is 0 Å². The van der Waals surface area contributed by atoms with E-state index in [2.05, 4.69) is 37.8 Å². The summed E-state index contributed by atoms with van der Waals surface area (Å²) in [6.45, 7) is 11.1. The van der Waals surface area contributed by atoms with Crippen LogP contribution in [-0.2, 0) is 4.74 Å². The third kappa shape index (κ3) is 6.12. The predicted molar refractivity (Wildman–Crippen MR) is 73.2 cm³/mol. The molecular weight excluding hydrogens is 218 g/mol. The van der Waals surface area contributed by atoms with E-state index in [1.165, 1.54) is 24.3 Å². The van der Waals surface area contributed by atoms with Crippen LogP contribution in [0.3, 0.4) is 0 Å². The van der Waals surface area contributed by atoms with Gasteiger partial charge in [0, 0.05) is 32.1 Å². The normalized spacial score (nSPS) is 20.2. The van der Waals surface area contributed by atoms with E-state index in [0.29, 0.717) is 5.41 Å². The van der Waals surface area contributed by atoms with E-state index < -0.39 is 0 Å². The van der Waals surface area contributed by atoms with Crippen LogP contribution in [-0.4, -0.2) is 37.8 Å². The molecule has 0 radical (unpaired) electrons. The van der Waals surface area contributed by atoms with Crippen LogP contribution < -0.4 is 5.32 Å². The number of thioether (sulfide) groups is 1. The summed E-state index contributed by atoms with van der Waals surface area (Å²) in [6.07, 6.45) is 2.41. The van der Waals surface area contributed by atoms with Crippen molar-refractivity contribution in [2.24, 2.45) is 11.3 Å². The topological polar surface area (TPSA) is 21.3 Å². The fourth-order valence-corrected chi connectivity index (χ4v) is 2.82. The molecule has 0 atom stereocenters. The molecule has 1 saturated heterocycles. The number of hydrogen-bond acceptors (Lipinski definition) is 3. The second-order valence-electron chi connectivity index (χ2n) is 5.57. The molecule has 0 spiro atoms. The molecule has 1 fully saturated rings. The Hall–Kier alpha value is 0.270. The molecule has 1 aliphatic rings. The average molecular weight is 245 g/mol. The minimum absolute atomic E-state index is 0.473. The Morgan fingerprint density at radius 3 is 2.62 bits per heavy atom. The van der Waals surface area contributed by atoms with Gasteiger partial charge in [-0.15, -0.1) is 0 Å². The molecule has 16 heavy (non-hydrogen) atoms. The molecular formula is C13H27NOS. The van der Waals surface area contributed by atoms with Crippen molar-refractivity contribution < 1.29 is 4.74 Å². The largest absolute Gasteiger partial charge is 0.381 e. The van der Waals surface area contributed by atoms with Crippen molar-refractivity contribution >= 4 is 11.8 Å². The van der Waals surface area contributed by atoms with Gasteiger partial charge in [-0.3, -0.25) is 0 Å². The zero-order valence-corrected chi connectivity index (χ0v) is 11.9. The molecule has 0 bridgehead atoms. The lowest BCUT2D eigenvalue weighted by Crippen LogP contribution is -2.37. The molecule has 0 aliphatic carbocycles. The third-order valence-electron chi connectivity index (χ3n) is 3.13. The first-order valence-electron chi connectivity index (χ1n) is 6.49. The zero-order valence-electron chi connectivity index (χ0n) is 11.1. The van der Waals surface area contributed by atoms with Crippen molar-refractivity contribution in [1.29, 1.82) is 0 Å². The van der Waals surface area contributed by atoms with Crippen molar-refractivity contribution in [3.63, 3.8) is 0 Å². The molecule has 0 aromatic rings. The van der Waals surface area contributed by atoms with Crippen LogP contribution in [0.2, 0.25) is 0 Å². The Bertz CT molecular complexity index is 179. The second-order valence-corrected chi connectivity index (χ2v) is 6.72. The summed E-state index contributed by atoms with van der Waals surface area (Å²) in [7, 11) is 0. The van der Waals surface area contributed by atoms with Gasteiger partial charge in [0.05, 0.1) is 0 Å². The van der Waals surface area contributed by atoms with E-state index in [-0.39, 0.29) is 0 Å². The SMILES string of the molecule is CC(C)CSCCNCC1(C)CCOCC1. The van der Waals surface area contributed by atoms with Crippen molar-refractivity contribution in [3.05, 3.63) is 0 Å². The van der Waals surface area contributed by atoms with Gasteiger partial charge in [0.15, 0.2) is 0 Å². The van der Waals surface area contributed by atoms with Crippen LogP contribution in [0.15, 0.2) is 0 Å². The molecule has 0 aromatic carbocycles. The van der Waals surface area contributed by atoms with Gasteiger partial charge in [-0.1, -0.05) is 20.8 Å². The quantitative estimate of drug-likeness (QED) is 0.697. The van der Waals surface area contributed by atoms with E-state index in [9.17, 15) is 0 Å². The molecule has 0 unspecified atom stereocenters. The number of rotatable bonds is 7. The average Bonchev–Trinajstić information content (AvgIpc) is 2.24. The van der Waals surface area contributed by atoms with Gasteiger partial charge in [0.1, 0.15) is 0 Å². The van der Waals surface area contributed by atoms with Gasteiger partial charge in [-0.25, -0.2) is 0 Å². The Balaban J connectivity index is 1.97. The first kappa shape index (κ1) is 14.3. The van der Waals surface area contributed by atoms with Gasteiger partial charge < -0.3 is 10.1 Å². The van der Waals surface area contributed by atoms with Gasteiger partial charge >= 0.3 is 0 Å². The summed E-state index contributed by atoms with van der Waals surface area (Å²) >= 11 is 2.06. The molecule has 1 rings (SSSR count). The molecule has 1 N–H and O–H groups in total. The van der Waals surface area contributed by atoms with Gasteiger partial charge in [-0.2, -0.15) is 11.8 Å². The maximum Gasteiger partial charge on any atom is 0.0471 e. The standard InChI is InChI=1S/C13H27NOS/c1-12(2)10-16-9-6-14-11-13(3)4-7-15-8-5-13/h12,14H,4-11H2,1-3H3. The lowest BCUT2D eigenvalue weighted by atomic mass is 9.82. The lowest BCUT2D eigenvalue weighted by Gasteiger charge is -2.33. The summed E-state index contributed by atoms with van der Waals surface area (Å²) in [5.41, 5.74) is 0.473. The van der Waals surface area contributed by atoms with Gasteiger partial charge in [0.2, 0.25) is 0 Å². The van der Waals surface area contributed by atoms with E-state index in [1.807, 2.05) is 0 Å². The first-order chi connectivity index (χ1) is 7.62. The molecule has 0 aromatic heterocycles. The molecule has 0 amide bonds. The van der Waals surface area contributed by atoms with E-state index in [1.54, 1.807) is 0 Å². The van der Waals surface area contributed by atoms with Crippen LogP contribution in [0.5, 0.6) is 0 Å². The van der Waals surface area contributed by atoms with E-state index in [4.69, 9.17) is 4.74 Å². The maximum absolute atomic E-state index is 5.40. The van der Waals surface area contributed by atoms with Crippen LogP contribution in [0.1, 0.15) is 33.6 Å². The Morgan fingerprint density at radius 2 is 2.00 bits per heavy atom. The minimum atomic E-state index is 0.473. The highest BCUT2D eigenvalue weighted by atomic mass is 32.2. The Labute approximate surface area is 105 Å². The van der Waals surface area contributed by atoms with Crippen molar-refractivity contribution in [1.82, 2.24) is 5.32 Å². The molecule has 2 nitrogen and oxygen atoms in total. The molecule has 0 saturated carbocycles. The maximum atomic E-state index is 5.40. The summed E-state index contributed by atoms with van der Waals surface area (Å²) < 4.78 is 5.40. The highest BCUT2D eigenvalue weighted by Gasteiger charge is 2.26. The molecule has 1 heterocycles. The highest BCUT2D eigenvalue weighted by Crippen LogP contribution is 2.28. The summed E-state index contributed by atoms with van der Waals surface area (Å²) in [6, 6.07) is 0. The van der Waals surface area contributed by atoms with Crippen molar-refractivity contribution in [2.75, 3.05) is 37.8 Å². The lowest BCUT2D eigenvalue weighted by molar-refractivity contribution is 0.0244. The van der Waals surface area contributed by atoms with Crippen LogP contribution in [0.25, 0.3) is 0 Å².